The van der Waals surface area contributed by atoms with E-state index in [-0.39, 0.29) is 17.7 Å². The Labute approximate surface area is 134 Å². The standard InChI is InChI=1S/C19H14FNO2/c1-3-10-23-18-9-8-14(12-19(18)22-2)11-15(13-21)16-6-4-5-7-17(16)20/h1,4-9,11-12H,10H2,2H3/b15-11+. The maximum atomic E-state index is 13.8. The van der Waals surface area contributed by atoms with E-state index in [9.17, 15) is 9.65 Å². The lowest BCUT2D eigenvalue weighted by molar-refractivity contribution is 0.331. The zero-order valence-electron chi connectivity index (χ0n) is 12.5. The molecule has 0 aliphatic rings. The Bertz CT molecular complexity index is 813. The molecular weight excluding hydrogens is 293 g/mol. The molecular formula is C19H14FNO2. The Morgan fingerprint density at radius 1 is 1.26 bits per heavy atom. The second-order valence-electron chi connectivity index (χ2n) is 4.55. The van der Waals surface area contributed by atoms with Gasteiger partial charge in [0.15, 0.2) is 11.5 Å². The van der Waals surface area contributed by atoms with E-state index in [1.54, 1.807) is 42.5 Å². The highest BCUT2D eigenvalue weighted by molar-refractivity contribution is 5.90. The summed E-state index contributed by atoms with van der Waals surface area (Å²) in [5, 5.41) is 9.30. The second-order valence-corrected chi connectivity index (χ2v) is 4.55. The molecule has 0 aromatic heterocycles. The van der Waals surface area contributed by atoms with Gasteiger partial charge in [0, 0.05) is 5.56 Å². The number of nitriles is 1. The molecule has 114 valence electrons. The number of methoxy groups -OCH3 is 1. The lowest BCUT2D eigenvalue weighted by atomic mass is 10.0. The molecule has 2 aromatic rings. The van der Waals surface area contributed by atoms with Gasteiger partial charge >= 0.3 is 0 Å². The van der Waals surface area contributed by atoms with Crippen LogP contribution in [0.25, 0.3) is 11.6 Å². The molecule has 0 spiro atoms. The van der Waals surface area contributed by atoms with Gasteiger partial charge in [0.1, 0.15) is 12.4 Å². The van der Waals surface area contributed by atoms with E-state index in [2.05, 4.69) is 5.92 Å². The summed E-state index contributed by atoms with van der Waals surface area (Å²) < 4.78 is 24.4. The van der Waals surface area contributed by atoms with Crippen LogP contribution in [0.3, 0.4) is 0 Å². The molecule has 4 heteroatoms. The van der Waals surface area contributed by atoms with Gasteiger partial charge in [0.05, 0.1) is 18.8 Å². The van der Waals surface area contributed by atoms with E-state index in [0.29, 0.717) is 17.1 Å². The van der Waals surface area contributed by atoms with Gasteiger partial charge in [-0.1, -0.05) is 30.2 Å². The van der Waals surface area contributed by atoms with E-state index in [4.69, 9.17) is 15.9 Å². The predicted molar refractivity (Wildman–Crippen MR) is 87.2 cm³/mol. The fourth-order valence-electron chi connectivity index (χ4n) is 2.03. The Hall–Kier alpha value is -3.24. The second kappa shape index (κ2) is 7.68. The van der Waals surface area contributed by atoms with Crippen molar-refractivity contribution in [3.05, 3.63) is 59.4 Å². The largest absolute Gasteiger partial charge is 0.493 e. The maximum absolute atomic E-state index is 13.8. The van der Waals surface area contributed by atoms with E-state index in [0.717, 1.165) is 0 Å². The van der Waals surface area contributed by atoms with Gasteiger partial charge in [-0.25, -0.2) is 4.39 Å². The molecule has 2 aromatic carbocycles. The first-order chi connectivity index (χ1) is 11.2. The summed E-state index contributed by atoms with van der Waals surface area (Å²) in [7, 11) is 1.51. The molecule has 0 saturated heterocycles. The van der Waals surface area contributed by atoms with Crippen LogP contribution in [0, 0.1) is 29.5 Å². The molecule has 0 radical (unpaired) electrons. The molecule has 0 bridgehead atoms. The third kappa shape index (κ3) is 3.90. The first-order valence-electron chi connectivity index (χ1n) is 6.80. The van der Waals surface area contributed by atoms with Crippen LogP contribution in [0.2, 0.25) is 0 Å². The maximum Gasteiger partial charge on any atom is 0.162 e. The van der Waals surface area contributed by atoms with E-state index in [1.807, 2.05) is 6.07 Å². The minimum Gasteiger partial charge on any atom is -0.493 e. The number of halogens is 1. The predicted octanol–water partition coefficient (Wildman–Crippen LogP) is 3.91. The number of rotatable bonds is 5. The third-order valence-corrected chi connectivity index (χ3v) is 3.09. The highest BCUT2D eigenvalue weighted by Crippen LogP contribution is 2.30. The van der Waals surface area contributed by atoms with Crippen molar-refractivity contribution in [1.29, 1.82) is 5.26 Å². The summed E-state index contributed by atoms with van der Waals surface area (Å²) in [6.45, 7) is 0.129. The Kier molecular flexibility index (Phi) is 5.39. The molecule has 0 fully saturated rings. The average molecular weight is 307 g/mol. The first kappa shape index (κ1) is 16.1. The fourth-order valence-corrected chi connectivity index (χ4v) is 2.03. The lowest BCUT2D eigenvalue weighted by Crippen LogP contribution is -1.97. The normalized spacial score (nSPS) is 10.5. The highest BCUT2D eigenvalue weighted by Gasteiger charge is 2.09. The number of nitrogens with zero attached hydrogens (tertiary/aromatic N) is 1. The monoisotopic (exact) mass is 307 g/mol. The quantitative estimate of drug-likeness (QED) is 0.478. The van der Waals surface area contributed by atoms with Gasteiger partial charge in [0.25, 0.3) is 0 Å². The van der Waals surface area contributed by atoms with Gasteiger partial charge < -0.3 is 9.47 Å². The molecule has 0 heterocycles. The van der Waals surface area contributed by atoms with Crippen LogP contribution in [0.5, 0.6) is 11.5 Å². The first-order valence-corrected chi connectivity index (χ1v) is 6.80. The molecule has 2 rings (SSSR count). The minimum atomic E-state index is -0.443. The van der Waals surface area contributed by atoms with Crippen molar-refractivity contribution in [2.75, 3.05) is 13.7 Å². The van der Waals surface area contributed by atoms with Crippen molar-refractivity contribution in [1.82, 2.24) is 0 Å². The number of benzene rings is 2. The summed E-state index contributed by atoms with van der Waals surface area (Å²) in [6, 6.07) is 13.3. The topological polar surface area (TPSA) is 42.2 Å². The van der Waals surface area contributed by atoms with E-state index < -0.39 is 5.82 Å². The van der Waals surface area contributed by atoms with Crippen molar-refractivity contribution >= 4 is 11.6 Å². The number of allylic oxidation sites excluding steroid dienone is 1. The Balaban J connectivity index is 2.40. The Morgan fingerprint density at radius 3 is 2.70 bits per heavy atom. The smallest absolute Gasteiger partial charge is 0.162 e. The van der Waals surface area contributed by atoms with Crippen LogP contribution in [-0.2, 0) is 0 Å². The Morgan fingerprint density at radius 2 is 2.04 bits per heavy atom. The average Bonchev–Trinajstić information content (AvgIpc) is 2.59. The van der Waals surface area contributed by atoms with Crippen LogP contribution in [0.1, 0.15) is 11.1 Å². The molecule has 23 heavy (non-hydrogen) atoms. The molecule has 0 atom stereocenters. The zero-order chi connectivity index (χ0) is 16.7. The minimum absolute atomic E-state index is 0.129. The van der Waals surface area contributed by atoms with Crippen molar-refractivity contribution in [3.63, 3.8) is 0 Å². The summed E-state index contributed by atoms with van der Waals surface area (Å²) >= 11 is 0. The van der Waals surface area contributed by atoms with Gasteiger partial charge in [-0.2, -0.15) is 5.26 Å². The number of hydrogen-bond donors (Lipinski definition) is 0. The lowest BCUT2D eigenvalue weighted by Gasteiger charge is -2.09. The molecule has 0 aliphatic heterocycles. The van der Waals surface area contributed by atoms with Crippen LogP contribution in [0.4, 0.5) is 4.39 Å². The van der Waals surface area contributed by atoms with Gasteiger partial charge in [-0.15, -0.1) is 6.42 Å². The molecule has 3 nitrogen and oxygen atoms in total. The van der Waals surface area contributed by atoms with E-state index >= 15 is 0 Å². The summed E-state index contributed by atoms with van der Waals surface area (Å²) in [5.41, 5.74) is 1.17. The molecule has 0 saturated carbocycles. The molecule has 0 N–H and O–H groups in total. The van der Waals surface area contributed by atoms with Gasteiger partial charge in [0.2, 0.25) is 0 Å². The van der Waals surface area contributed by atoms with Crippen LogP contribution >= 0.6 is 0 Å². The van der Waals surface area contributed by atoms with Crippen LogP contribution in [0.15, 0.2) is 42.5 Å². The zero-order valence-corrected chi connectivity index (χ0v) is 12.5. The SMILES string of the molecule is C#CCOc1ccc(/C=C(\C#N)c2ccccc2F)cc1OC. The van der Waals surface area contributed by atoms with Crippen molar-refractivity contribution in [2.24, 2.45) is 0 Å². The van der Waals surface area contributed by atoms with Crippen LogP contribution in [-0.4, -0.2) is 13.7 Å². The number of terminal acetylenes is 1. The summed E-state index contributed by atoms with van der Waals surface area (Å²) in [6.07, 6.45) is 6.75. The van der Waals surface area contributed by atoms with Gasteiger partial charge in [-0.05, 0) is 29.8 Å². The summed E-state index contributed by atoms with van der Waals surface area (Å²) in [5.74, 6) is 2.93. The van der Waals surface area contributed by atoms with Crippen LogP contribution < -0.4 is 9.47 Å². The van der Waals surface area contributed by atoms with Crippen molar-refractivity contribution in [3.8, 4) is 29.9 Å². The summed E-state index contributed by atoms with van der Waals surface area (Å²) in [4.78, 5) is 0. The van der Waals surface area contributed by atoms with Crippen molar-refractivity contribution < 1.29 is 13.9 Å². The fraction of sp³-hybridized carbons (Fsp3) is 0.105. The molecule has 0 aliphatic carbocycles. The third-order valence-electron chi connectivity index (χ3n) is 3.09. The van der Waals surface area contributed by atoms with E-state index in [1.165, 1.54) is 13.2 Å². The molecule has 0 amide bonds. The highest BCUT2D eigenvalue weighted by atomic mass is 19.1. The number of ether oxygens (including phenoxy) is 2. The number of hydrogen-bond acceptors (Lipinski definition) is 3. The molecule has 0 unspecified atom stereocenters. The van der Waals surface area contributed by atoms with Gasteiger partial charge in [-0.3, -0.25) is 0 Å². The van der Waals surface area contributed by atoms with Crippen molar-refractivity contribution in [2.45, 2.75) is 0 Å².